The zero-order valence-electron chi connectivity index (χ0n) is 13.4. The SMILES string of the molecule is CN1CCN(c2nc3ncccc3n2Cc2ccccc2)CC1. The van der Waals surface area contributed by atoms with Crippen LogP contribution in [0.15, 0.2) is 48.7 Å². The van der Waals surface area contributed by atoms with E-state index in [4.69, 9.17) is 4.98 Å². The van der Waals surface area contributed by atoms with Crippen molar-refractivity contribution in [3.63, 3.8) is 0 Å². The van der Waals surface area contributed by atoms with Crippen molar-refractivity contribution < 1.29 is 0 Å². The van der Waals surface area contributed by atoms with Crippen molar-refractivity contribution in [1.29, 1.82) is 0 Å². The number of imidazole rings is 1. The molecule has 1 saturated heterocycles. The Bertz CT molecular complexity index is 788. The quantitative estimate of drug-likeness (QED) is 0.743. The normalized spacial score (nSPS) is 16.1. The number of fused-ring (bicyclic) bond motifs is 1. The summed E-state index contributed by atoms with van der Waals surface area (Å²) in [6.07, 6.45) is 1.82. The maximum atomic E-state index is 4.82. The minimum atomic E-state index is 0.824. The highest BCUT2D eigenvalue weighted by Crippen LogP contribution is 2.23. The molecule has 118 valence electrons. The fourth-order valence-electron chi connectivity index (χ4n) is 3.12. The molecule has 0 bridgehead atoms. The standard InChI is InChI=1S/C18H21N5/c1-21-10-12-22(13-11-21)18-20-17-16(8-5-9-19-17)23(18)14-15-6-3-2-4-7-15/h2-9H,10-14H2,1H3. The smallest absolute Gasteiger partial charge is 0.208 e. The topological polar surface area (TPSA) is 37.2 Å². The first-order valence-electron chi connectivity index (χ1n) is 8.10. The number of piperazine rings is 1. The summed E-state index contributed by atoms with van der Waals surface area (Å²) < 4.78 is 2.29. The number of pyridine rings is 1. The van der Waals surface area contributed by atoms with Crippen molar-refractivity contribution >= 4 is 17.1 Å². The molecule has 0 aliphatic carbocycles. The lowest BCUT2D eigenvalue weighted by atomic mass is 10.2. The molecule has 5 nitrogen and oxygen atoms in total. The van der Waals surface area contributed by atoms with Gasteiger partial charge in [0, 0.05) is 32.4 Å². The van der Waals surface area contributed by atoms with Gasteiger partial charge in [0.05, 0.1) is 12.1 Å². The third-order valence-electron chi connectivity index (χ3n) is 4.47. The third kappa shape index (κ3) is 2.80. The van der Waals surface area contributed by atoms with Crippen molar-refractivity contribution in [2.75, 3.05) is 38.1 Å². The fraction of sp³-hybridized carbons (Fsp3) is 0.333. The fourth-order valence-corrected chi connectivity index (χ4v) is 3.12. The van der Waals surface area contributed by atoms with Gasteiger partial charge in [-0.05, 0) is 24.7 Å². The van der Waals surface area contributed by atoms with Gasteiger partial charge >= 0.3 is 0 Å². The average Bonchev–Trinajstić information content (AvgIpc) is 2.95. The molecule has 4 rings (SSSR count). The molecule has 1 aromatic carbocycles. The van der Waals surface area contributed by atoms with Crippen LogP contribution in [0.4, 0.5) is 5.95 Å². The number of likely N-dealkylation sites (N-methyl/N-ethyl adjacent to an activating group) is 1. The Kier molecular flexibility index (Phi) is 3.71. The molecule has 3 aromatic rings. The van der Waals surface area contributed by atoms with E-state index in [2.05, 4.69) is 62.8 Å². The van der Waals surface area contributed by atoms with Crippen LogP contribution < -0.4 is 4.90 Å². The molecule has 1 aliphatic heterocycles. The summed E-state index contributed by atoms with van der Waals surface area (Å²) in [5.74, 6) is 1.04. The Morgan fingerprint density at radius 1 is 0.957 bits per heavy atom. The maximum absolute atomic E-state index is 4.82. The number of nitrogens with zero attached hydrogens (tertiary/aromatic N) is 5. The van der Waals surface area contributed by atoms with Crippen LogP contribution in [-0.2, 0) is 6.54 Å². The minimum Gasteiger partial charge on any atom is -0.340 e. The van der Waals surface area contributed by atoms with E-state index in [-0.39, 0.29) is 0 Å². The van der Waals surface area contributed by atoms with Gasteiger partial charge in [0.15, 0.2) is 5.65 Å². The first-order chi connectivity index (χ1) is 11.3. The molecule has 1 fully saturated rings. The summed E-state index contributed by atoms with van der Waals surface area (Å²) in [6.45, 7) is 4.98. The Balaban J connectivity index is 1.75. The van der Waals surface area contributed by atoms with Crippen LogP contribution in [0, 0.1) is 0 Å². The molecule has 0 radical (unpaired) electrons. The molecule has 0 atom stereocenters. The van der Waals surface area contributed by atoms with Gasteiger partial charge in [-0.3, -0.25) is 0 Å². The van der Waals surface area contributed by atoms with Gasteiger partial charge in [0.2, 0.25) is 5.95 Å². The summed E-state index contributed by atoms with van der Waals surface area (Å²) >= 11 is 0. The van der Waals surface area contributed by atoms with Crippen molar-refractivity contribution in [2.24, 2.45) is 0 Å². The number of hydrogen-bond donors (Lipinski definition) is 0. The lowest BCUT2D eigenvalue weighted by molar-refractivity contribution is 0.310. The van der Waals surface area contributed by atoms with Gasteiger partial charge in [-0.1, -0.05) is 30.3 Å². The predicted molar refractivity (Wildman–Crippen MR) is 92.8 cm³/mol. The molecular formula is C18H21N5. The number of rotatable bonds is 3. The molecular weight excluding hydrogens is 286 g/mol. The van der Waals surface area contributed by atoms with Crippen LogP contribution in [0.3, 0.4) is 0 Å². The largest absolute Gasteiger partial charge is 0.340 e. The molecule has 0 N–H and O–H groups in total. The van der Waals surface area contributed by atoms with E-state index >= 15 is 0 Å². The summed E-state index contributed by atoms with van der Waals surface area (Å²) in [6, 6.07) is 14.6. The monoisotopic (exact) mass is 307 g/mol. The Hall–Kier alpha value is -2.40. The van der Waals surface area contributed by atoms with E-state index < -0.39 is 0 Å². The van der Waals surface area contributed by atoms with Crippen molar-refractivity contribution in [3.8, 4) is 0 Å². The van der Waals surface area contributed by atoms with E-state index in [1.165, 1.54) is 5.56 Å². The minimum absolute atomic E-state index is 0.824. The van der Waals surface area contributed by atoms with Gasteiger partial charge in [0.1, 0.15) is 0 Å². The van der Waals surface area contributed by atoms with Crippen molar-refractivity contribution in [1.82, 2.24) is 19.4 Å². The van der Waals surface area contributed by atoms with Gasteiger partial charge in [-0.15, -0.1) is 0 Å². The van der Waals surface area contributed by atoms with Crippen LogP contribution in [0.5, 0.6) is 0 Å². The van der Waals surface area contributed by atoms with E-state index in [1.807, 2.05) is 12.3 Å². The van der Waals surface area contributed by atoms with Gasteiger partial charge in [-0.25, -0.2) is 4.98 Å². The molecule has 2 aromatic heterocycles. The first-order valence-corrected chi connectivity index (χ1v) is 8.10. The van der Waals surface area contributed by atoms with Crippen LogP contribution in [0.25, 0.3) is 11.2 Å². The highest BCUT2D eigenvalue weighted by atomic mass is 15.4. The predicted octanol–water partition coefficient (Wildman–Crippen LogP) is 2.23. The molecule has 5 heteroatoms. The van der Waals surface area contributed by atoms with Crippen LogP contribution >= 0.6 is 0 Å². The van der Waals surface area contributed by atoms with E-state index in [1.54, 1.807) is 0 Å². The molecule has 0 amide bonds. The van der Waals surface area contributed by atoms with E-state index in [0.717, 1.165) is 49.8 Å². The Morgan fingerprint density at radius 3 is 2.52 bits per heavy atom. The van der Waals surface area contributed by atoms with Crippen molar-refractivity contribution in [3.05, 3.63) is 54.2 Å². The summed E-state index contributed by atoms with van der Waals surface area (Å²) in [4.78, 5) is 14.0. The molecule has 0 saturated carbocycles. The number of anilines is 1. The number of aromatic nitrogens is 3. The first kappa shape index (κ1) is 14.2. The number of benzene rings is 1. The van der Waals surface area contributed by atoms with E-state index in [0.29, 0.717) is 0 Å². The lowest BCUT2D eigenvalue weighted by Crippen LogP contribution is -2.45. The number of hydrogen-bond acceptors (Lipinski definition) is 4. The second-order valence-electron chi connectivity index (χ2n) is 6.12. The summed E-state index contributed by atoms with van der Waals surface area (Å²) in [7, 11) is 2.17. The third-order valence-corrected chi connectivity index (χ3v) is 4.47. The Labute approximate surface area is 136 Å². The van der Waals surface area contributed by atoms with Gasteiger partial charge < -0.3 is 14.4 Å². The molecule has 1 aliphatic rings. The van der Waals surface area contributed by atoms with Gasteiger partial charge in [-0.2, -0.15) is 4.98 Å². The second-order valence-corrected chi connectivity index (χ2v) is 6.12. The highest BCUT2D eigenvalue weighted by Gasteiger charge is 2.21. The summed E-state index contributed by atoms with van der Waals surface area (Å²) in [5, 5.41) is 0. The van der Waals surface area contributed by atoms with Crippen LogP contribution in [0.2, 0.25) is 0 Å². The average molecular weight is 307 g/mol. The zero-order chi connectivity index (χ0) is 15.6. The van der Waals surface area contributed by atoms with Crippen LogP contribution in [0.1, 0.15) is 5.56 Å². The summed E-state index contributed by atoms with van der Waals surface area (Å²) in [5.41, 5.74) is 3.22. The molecule has 0 unspecified atom stereocenters. The van der Waals surface area contributed by atoms with Crippen LogP contribution in [-0.4, -0.2) is 52.7 Å². The lowest BCUT2D eigenvalue weighted by Gasteiger charge is -2.33. The van der Waals surface area contributed by atoms with Gasteiger partial charge in [0.25, 0.3) is 0 Å². The van der Waals surface area contributed by atoms with E-state index in [9.17, 15) is 0 Å². The second kappa shape index (κ2) is 6.01. The molecule has 3 heterocycles. The molecule has 0 spiro atoms. The molecule has 23 heavy (non-hydrogen) atoms. The van der Waals surface area contributed by atoms with Crippen molar-refractivity contribution in [2.45, 2.75) is 6.54 Å². The Morgan fingerprint density at radius 2 is 1.74 bits per heavy atom. The maximum Gasteiger partial charge on any atom is 0.208 e. The highest BCUT2D eigenvalue weighted by molar-refractivity contribution is 5.75. The zero-order valence-corrected chi connectivity index (χ0v) is 13.4.